The van der Waals surface area contributed by atoms with Crippen LogP contribution in [-0.4, -0.2) is 45.0 Å². The number of amides is 1. The number of benzene rings is 3. The van der Waals surface area contributed by atoms with Gasteiger partial charge in [-0.25, -0.2) is 35.9 Å². The SMILES string of the molecule is CCOC(=O)c1cc(F)c(Cl)cc1F.CNC(=O)c1cc(F)c(Cl)cc1F.O=C(O)c1cc(F)c(Cl)cc1F.[B]. The fourth-order valence-corrected chi connectivity index (χ4v) is 2.86. The number of carbonyl (C=O) groups is 3. The number of nitrogens with one attached hydrogen (secondary N) is 1. The van der Waals surface area contributed by atoms with Crippen LogP contribution in [0.2, 0.25) is 15.1 Å². The molecule has 0 aliphatic heterocycles. The molecule has 0 bridgehead atoms. The van der Waals surface area contributed by atoms with Crippen molar-refractivity contribution in [2.75, 3.05) is 13.7 Å². The lowest BCUT2D eigenvalue weighted by atomic mass is 10.2. The summed E-state index contributed by atoms with van der Waals surface area (Å²) in [7, 11) is 1.33. The first-order valence-electron chi connectivity index (χ1n) is 10.2. The highest BCUT2D eigenvalue weighted by Gasteiger charge is 2.16. The summed E-state index contributed by atoms with van der Waals surface area (Å²) in [5.74, 6) is -8.51. The van der Waals surface area contributed by atoms with Crippen molar-refractivity contribution < 1.29 is 50.6 Å². The van der Waals surface area contributed by atoms with Crippen LogP contribution >= 0.6 is 34.8 Å². The summed E-state index contributed by atoms with van der Waals surface area (Å²) in [5.41, 5.74) is -1.53. The molecule has 0 aliphatic rings. The Hall–Kier alpha value is -3.42. The molecule has 16 heteroatoms. The third-order valence-corrected chi connectivity index (χ3v) is 5.10. The minimum Gasteiger partial charge on any atom is -0.478 e. The quantitative estimate of drug-likeness (QED) is 0.145. The molecule has 3 radical (unpaired) electrons. The lowest BCUT2D eigenvalue weighted by Gasteiger charge is -2.03. The Morgan fingerprint density at radius 1 is 0.700 bits per heavy atom. The van der Waals surface area contributed by atoms with E-state index in [4.69, 9.17) is 39.9 Å². The smallest absolute Gasteiger partial charge is 0.341 e. The van der Waals surface area contributed by atoms with Gasteiger partial charge in [0.2, 0.25) is 0 Å². The van der Waals surface area contributed by atoms with E-state index in [1.807, 2.05) is 0 Å². The Kier molecular flexibility index (Phi) is 15.2. The topological polar surface area (TPSA) is 92.7 Å². The Morgan fingerprint density at radius 2 is 1.05 bits per heavy atom. The average Bonchev–Trinajstić information content (AvgIpc) is 2.86. The summed E-state index contributed by atoms with van der Waals surface area (Å²) in [4.78, 5) is 32.2. The zero-order valence-corrected chi connectivity index (χ0v) is 22.5. The molecule has 0 aliphatic carbocycles. The average molecular weight is 630 g/mol. The number of carboxylic acids is 1. The molecular weight excluding hydrogens is 613 g/mol. The van der Waals surface area contributed by atoms with Crippen LogP contribution in [0.3, 0.4) is 0 Å². The van der Waals surface area contributed by atoms with Gasteiger partial charge in [-0.05, 0) is 43.3 Å². The van der Waals surface area contributed by atoms with Crippen molar-refractivity contribution in [3.05, 3.63) is 103 Å². The Bertz CT molecular complexity index is 1400. The van der Waals surface area contributed by atoms with Crippen LogP contribution in [0.15, 0.2) is 36.4 Å². The first-order valence-corrected chi connectivity index (χ1v) is 11.3. The summed E-state index contributed by atoms with van der Waals surface area (Å²) in [6.07, 6.45) is 0. The number of hydrogen-bond acceptors (Lipinski definition) is 4. The number of esters is 1. The van der Waals surface area contributed by atoms with E-state index >= 15 is 0 Å². The molecule has 40 heavy (non-hydrogen) atoms. The maximum Gasteiger partial charge on any atom is 0.341 e. The molecule has 0 aromatic heterocycles. The molecule has 1 amide bonds. The van der Waals surface area contributed by atoms with E-state index in [0.717, 1.165) is 24.3 Å². The zero-order chi connectivity index (χ0) is 30.0. The Balaban J connectivity index is 0.000000565. The number of carboxylic acid groups (broad SMARTS) is 1. The van der Waals surface area contributed by atoms with Gasteiger partial charge in [0.05, 0.1) is 38.4 Å². The van der Waals surface area contributed by atoms with E-state index < -0.39 is 68.9 Å². The molecule has 3 aromatic rings. The van der Waals surface area contributed by atoms with Gasteiger partial charge in [0.1, 0.15) is 34.9 Å². The number of halogens is 9. The van der Waals surface area contributed by atoms with E-state index in [1.165, 1.54) is 7.05 Å². The first-order chi connectivity index (χ1) is 18.1. The Morgan fingerprint density at radius 3 is 1.43 bits per heavy atom. The molecule has 213 valence electrons. The molecule has 0 spiro atoms. The minimum absolute atomic E-state index is 0. The zero-order valence-electron chi connectivity index (χ0n) is 20.2. The van der Waals surface area contributed by atoms with Gasteiger partial charge >= 0.3 is 11.9 Å². The Labute approximate surface area is 240 Å². The van der Waals surface area contributed by atoms with Gasteiger partial charge in [0.15, 0.2) is 0 Å². The summed E-state index contributed by atoms with van der Waals surface area (Å²) in [6, 6.07) is 4.15. The lowest BCUT2D eigenvalue weighted by Crippen LogP contribution is -2.19. The predicted octanol–water partition coefficient (Wildman–Crippen LogP) is 6.71. The van der Waals surface area contributed by atoms with Crippen molar-refractivity contribution in [1.29, 1.82) is 0 Å². The van der Waals surface area contributed by atoms with Crippen molar-refractivity contribution in [3.63, 3.8) is 0 Å². The molecule has 0 heterocycles. The molecule has 3 rings (SSSR count). The van der Waals surface area contributed by atoms with Gasteiger partial charge in [-0.2, -0.15) is 0 Å². The normalized spacial score (nSPS) is 9.68. The van der Waals surface area contributed by atoms with E-state index in [0.29, 0.717) is 12.1 Å². The molecule has 0 saturated carbocycles. The summed E-state index contributed by atoms with van der Waals surface area (Å²) >= 11 is 15.8. The van der Waals surface area contributed by atoms with Crippen molar-refractivity contribution in [2.24, 2.45) is 0 Å². The maximum atomic E-state index is 13.1. The summed E-state index contributed by atoms with van der Waals surface area (Å²) in [6.45, 7) is 1.67. The monoisotopic (exact) mass is 628 g/mol. The van der Waals surface area contributed by atoms with Crippen LogP contribution in [0.4, 0.5) is 26.3 Å². The van der Waals surface area contributed by atoms with Crippen molar-refractivity contribution in [2.45, 2.75) is 6.92 Å². The molecule has 0 saturated heterocycles. The van der Waals surface area contributed by atoms with Gasteiger partial charge in [-0.15, -0.1) is 0 Å². The fourth-order valence-electron chi connectivity index (χ4n) is 2.41. The van der Waals surface area contributed by atoms with Crippen LogP contribution in [0.1, 0.15) is 38.0 Å². The molecule has 0 fully saturated rings. The highest BCUT2D eigenvalue weighted by molar-refractivity contribution is 6.31. The minimum atomic E-state index is -1.52. The standard InChI is InChI=1S/C9H7ClF2O2.C8H6ClF2NO.C7H3ClF2O2.B/c1-2-14-9(13)5-3-8(12)6(10)4-7(5)11;1-12-8(13)4-2-7(11)5(9)3-6(4)10;8-4-2-5(9)3(7(11)12)1-6(4)10;/h3-4H,2H2,1H3;2-3H,1H3,(H,12,13);1-2H,(H,11,12);. The van der Waals surface area contributed by atoms with Gasteiger partial charge in [-0.3, -0.25) is 4.79 Å². The fraction of sp³-hybridized carbons (Fsp3) is 0.125. The molecule has 3 aromatic carbocycles. The predicted molar refractivity (Wildman–Crippen MR) is 136 cm³/mol. The van der Waals surface area contributed by atoms with Gasteiger partial charge < -0.3 is 15.2 Å². The van der Waals surface area contributed by atoms with E-state index in [9.17, 15) is 40.7 Å². The molecule has 6 nitrogen and oxygen atoms in total. The summed E-state index contributed by atoms with van der Waals surface area (Å²) < 4.78 is 81.4. The highest BCUT2D eigenvalue weighted by atomic mass is 35.5. The van der Waals surface area contributed by atoms with Crippen LogP contribution in [-0.2, 0) is 4.74 Å². The van der Waals surface area contributed by atoms with Gasteiger partial charge in [0, 0.05) is 15.5 Å². The van der Waals surface area contributed by atoms with Crippen molar-refractivity contribution in [3.8, 4) is 0 Å². The van der Waals surface area contributed by atoms with Gasteiger partial charge in [-0.1, -0.05) is 34.8 Å². The molecule has 2 N–H and O–H groups in total. The molecule has 0 atom stereocenters. The number of ether oxygens (including phenoxy) is 1. The number of carbonyl (C=O) groups excluding carboxylic acids is 2. The van der Waals surface area contributed by atoms with Crippen LogP contribution in [0.5, 0.6) is 0 Å². The summed E-state index contributed by atoms with van der Waals surface area (Å²) in [5, 5.41) is 9.37. The van der Waals surface area contributed by atoms with Crippen LogP contribution in [0.25, 0.3) is 0 Å². The maximum absolute atomic E-state index is 13.1. The third kappa shape index (κ3) is 10.3. The van der Waals surface area contributed by atoms with E-state index in [-0.39, 0.29) is 30.6 Å². The van der Waals surface area contributed by atoms with Crippen molar-refractivity contribution in [1.82, 2.24) is 5.32 Å². The number of aromatic carboxylic acids is 1. The van der Waals surface area contributed by atoms with Crippen LogP contribution in [0, 0.1) is 34.9 Å². The lowest BCUT2D eigenvalue weighted by molar-refractivity contribution is 0.0519. The van der Waals surface area contributed by atoms with E-state index in [2.05, 4.69) is 10.1 Å². The third-order valence-electron chi connectivity index (χ3n) is 4.23. The van der Waals surface area contributed by atoms with Crippen molar-refractivity contribution >= 4 is 61.1 Å². The number of rotatable bonds is 4. The second kappa shape index (κ2) is 16.6. The van der Waals surface area contributed by atoms with Gasteiger partial charge in [0.25, 0.3) is 5.91 Å². The van der Waals surface area contributed by atoms with Crippen LogP contribution < -0.4 is 5.32 Å². The second-order valence-corrected chi connectivity index (χ2v) is 8.06. The number of hydrogen-bond donors (Lipinski definition) is 2. The van der Waals surface area contributed by atoms with E-state index in [1.54, 1.807) is 6.92 Å². The second-order valence-electron chi connectivity index (χ2n) is 6.84. The molecular formula is C24H16BCl3F6NO5. The first kappa shape index (κ1) is 36.6. The highest BCUT2D eigenvalue weighted by Crippen LogP contribution is 2.21. The largest absolute Gasteiger partial charge is 0.478 e. The molecule has 0 unspecified atom stereocenters.